The summed E-state index contributed by atoms with van der Waals surface area (Å²) in [5.41, 5.74) is 1.40. The number of aromatic nitrogens is 1. The molecule has 1 aromatic carbocycles. The molecule has 1 heterocycles. The number of hydrogen-bond donors (Lipinski definition) is 1. The summed E-state index contributed by atoms with van der Waals surface area (Å²) in [6.07, 6.45) is -0.841. The van der Waals surface area contributed by atoms with Gasteiger partial charge in [-0.25, -0.2) is 0 Å². The first kappa shape index (κ1) is 15.9. The van der Waals surface area contributed by atoms with Crippen LogP contribution in [-0.2, 0) is 24.8 Å². The Balaban J connectivity index is 1.88. The average molecular weight is 312 g/mol. The molecular formula is C15H15F3N2O2. The molecule has 0 unspecified atom stereocenters. The summed E-state index contributed by atoms with van der Waals surface area (Å²) in [5, 5.41) is 2.66. The maximum absolute atomic E-state index is 12.1. The summed E-state index contributed by atoms with van der Waals surface area (Å²) in [6.45, 7) is 0.140. The summed E-state index contributed by atoms with van der Waals surface area (Å²) < 4.78 is 42.1. The van der Waals surface area contributed by atoms with E-state index < -0.39 is 6.36 Å². The van der Waals surface area contributed by atoms with Crippen LogP contribution in [0.4, 0.5) is 13.2 Å². The summed E-state index contributed by atoms with van der Waals surface area (Å²) in [6, 6.07) is 7.35. The van der Waals surface area contributed by atoms with Crippen LogP contribution in [0.5, 0.6) is 5.75 Å². The summed E-state index contributed by atoms with van der Waals surface area (Å²) in [7, 11) is 1.85. The summed E-state index contributed by atoms with van der Waals surface area (Å²) in [4.78, 5) is 11.8. The van der Waals surface area contributed by atoms with E-state index in [0.29, 0.717) is 5.56 Å². The van der Waals surface area contributed by atoms with E-state index in [0.717, 1.165) is 5.56 Å². The molecule has 0 bridgehead atoms. The van der Waals surface area contributed by atoms with Gasteiger partial charge in [0.15, 0.2) is 0 Å². The fourth-order valence-corrected chi connectivity index (χ4v) is 1.97. The largest absolute Gasteiger partial charge is 0.573 e. The van der Waals surface area contributed by atoms with Gasteiger partial charge in [-0.05, 0) is 29.3 Å². The third kappa shape index (κ3) is 5.16. The predicted octanol–water partition coefficient (Wildman–Crippen LogP) is 2.78. The molecule has 2 aromatic rings. The quantitative estimate of drug-likeness (QED) is 0.922. The first-order valence-electron chi connectivity index (χ1n) is 6.54. The zero-order valence-electron chi connectivity index (χ0n) is 11.9. The molecule has 0 atom stereocenters. The van der Waals surface area contributed by atoms with Gasteiger partial charge in [0.05, 0.1) is 6.42 Å². The van der Waals surface area contributed by atoms with E-state index in [1.807, 2.05) is 30.1 Å². The van der Waals surface area contributed by atoms with E-state index in [2.05, 4.69) is 10.1 Å². The number of nitrogens with one attached hydrogen (secondary N) is 1. The Morgan fingerprint density at radius 2 is 2.05 bits per heavy atom. The van der Waals surface area contributed by atoms with Crippen LogP contribution < -0.4 is 10.1 Å². The van der Waals surface area contributed by atoms with Gasteiger partial charge >= 0.3 is 6.36 Å². The van der Waals surface area contributed by atoms with Gasteiger partial charge in [-0.15, -0.1) is 13.2 Å². The number of aryl methyl sites for hydroxylation is 1. The van der Waals surface area contributed by atoms with E-state index in [4.69, 9.17) is 0 Å². The molecule has 0 aliphatic rings. The highest BCUT2D eigenvalue weighted by molar-refractivity contribution is 5.78. The van der Waals surface area contributed by atoms with Crippen molar-refractivity contribution in [1.82, 2.24) is 9.88 Å². The Bertz CT molecular complexity index is 650. The Labute approximate surface area is 125 Å². The number of hydrogen-bond acceptors (Lipinski definition) is 2. The molecular weight excluding hydrogens is 297 g/mol. The second-order valence-electron chi connectivity index (χ2n) is 4.83. The lowest BCUT2D eigenvalue weighted by Crippen LogP contribution is -2.24. The van der Waals surface area contributed by atoms with Crippen LogP contribution in [0, 0.1) is 0 Å². The lowest BCUT2D eigenvalue weighted by molar-refractivity contribution is -0.274. The minimum absolute atomic E-state index is 0.140. The van der Waals surface area contributed by atoms with E-state index in [1.54, 1.807) is 6.07 Å². The number of nitrogens with zero attached hydrogens (tertiary/aromatic N) is 1. The third-order valence-electron chi connectivity index (χ3n) is 2.88. The molecule has 0 spiro atoms. The topological polar surface area (TPSA) is 43.3 Å². The molecule has 0 radical (unpaired) electrons. The summed E-state index contributed by atoms with van der Waals surface area (Å²) in [5.74, 6) is -0.504. The van der Waals surface area contributed by atoms with E-state index in [9.17, 15) is 18.0 Å². The van der Waals surface area contributed by atoms with Crippen molar-refractivity contribution in [2.75, 3.05) is 0 Å². The number of alkyl halides is 3. The highest BCUT2D eigenvalue weighted by Gasteiger charge is 2.31. The molecule has 0 saturated carbocycles. The minimum atomic E-state index is -4.73. The van der Waals surface area contributed by atoms with Crippen molar-refractivity contribution in [2.24, 2.45) is 7.05 Å². The molecule has 0 aliphatic carbocycles. The Morgan fingerprint density at radius 3 is 2.68 bits per heavy atom. The van der Waals surface area contributed by atoms with Crippen molar-refractivity contribution >= 4 is 5.91 Å². The lowest BCUT2D eigenvalue weighted by Gasteiger charge is -2.10. The van der Waals surface area contributed by atoms with Crippen LogP contribution in [0.2, 0.25) is 0 Å². The van der Waals surface area contributed by atoms with Crippen LogP contribution in [0.3, 0.4) is 0 Å². The predicted molar refractivity (Wildman–Crippen MR) is 74.1 cm³/mol. The van der Waals surface area contributed by atoms with Crippen LogP contribution in [-0.4, -0.2) is 16.8 Å². The summed E-state index contributed by atoms with van der Waals surface area (Å²) >= 11 is 0. The van der Waals surface area contributed by atoms with E-state index in [-0.39, 0.29) is 24.6 Å². The molecule has 0 saturated heterocycles. The van der Waals surface area contributed by atoms with Gasteiger partial charge in [0, 0.05) is 26.0 Å². The zero-order chi connectivity index (χ0) is 16.2. The number of amides is 1. The molecule has 0 fully saturated rings. The SMILES string of the molecule is Cn1ccc(CC(=O)NCc2cccc(OC(F)(F)F)c2)c1. The van der Waals surface area contributed by atoms with Crippen LogP contribution in [0.15, 0.2) is 42.7 Å². The molecule has 4 nitrogen and oxygen atoms in total. The molecule has 1 amide bonds. The highest BCUT2D eigenvalue weighted by atomic mass is 19.4. The molecule has 2 rings (SSSR count). The van der Waals surface area contributed by atoms with Crippen molar-refractivity contribution in [3.8, 4) is 5.75 Å². The normalized spacial score (nSPS) is 11.3. The van der Waals surface area contributed by atoms with Crippen molar-refractivity contribution in [3.05, 3.63) is 53.9 Å². The van der Waals surface area contributed by atoms with Gasteiger partial charge in [0.25, 0.3) is 0 Å². The fourth-order valence-electron chi connectivity index (χ4n) is 1.97. The van der Waals surface area contributed by atoms with Crippen molar-refractivity contribution in [2.45, 2.75) is 19.3 Å². The number of benzene rings is 1. The number of carbonyl (C=O) groups is 1. The van der Waals surface area contributed by atoms with Crippen molar-refractivity contribution in [1.29, 1.82) is 0 Å². The van der Waals surface area contributed by atoms with Crippen molar-refractivity contribution in [3.63, 3.8) is 0 Å². The van der Waals surface area contributed by atoms with Gasteiger partial charge in [0.2, 0.25) is 5.91 Å². The number of rotatable bonds is 5. The standard InChI is InChI=1S/C15H15F3N2O2/c1-20-6-5-12(10-20)8-14(21)19-9-11-3-2-4-13(7-11)22-15(16,17)18/h2-7,10H,8-9H2,1H3,(H,19,21). The Kier molecular flexibility index (Phi) is 4.75. The van der Waals surface area contributed by atoms with Gasteiger partial charge in [0.1, 0.15) is 5.75 Å². The zero-order valence-corrected chi connectivity index (χ0v) is 11.9. The molecule has 7 heteroatoms. The van der Waals surface area contributed by atoms with Gasteiger partial charge in [-0.2, -0.15) is 0 Å². The minimum Gasteiger partial charge on any atom is -0.406 e. The average Bonchev–Trinajstić information content (AvgIpc) is 2.80. The third-order valence-corrected chi connectivity index (χ3v) is 2.88. The first-order valence-corrected chi connectivity index (χ1v) is 6.54. The maximum atomic E-state index is 12.1. The second-order valence-corrected chi connectivity index (χ2v) is 4.83. The molecule has 1 aromatic heterocycles. The van der Waals surface area contributed by atoms with Crippen LogP contribution in [0.25, 0.3) is 0 Å². The fraction of sp³-hybridized carbons (Fsp3) is 0.267. The first-order chi connectivity index (χ1) is 10.3. The van der Waals surface area contributed by atoms with Crippen LogP contribution in [0.1, 0.15) is 11.1 Å². The van der Waals surface area contributed by atoms with Crippen molar-refractivity contribution < 1.29 is 22.7 Å². The maximum Gasteiger partial charge on any atom is 0.573 e. The van der Waals surface area contributed by atoms with Gasteiger partial charge < -0.3 is 14.6 Å². The molecule has 1 N–H and O–H groups in total. The number of ether oxygens (including phenoxy) is 1. The number of halogens is 3. The van der Waals surface area contributed by atoms with Gasteiger partial charge in [-0.3, -0.25) is 4.79 Å². The van der Waals surface area contributed by atoms with E-state index in [1.165, 1.54) is 18.2 Å². The highest BCUT2D eigenvalue weighted by Crippen LogP contribution is 2.23. The Hall–Kier alpha value is -2.44. The monoisotopic (exact) mass is 312 g/mol. The Morgan fingerprint density at radius 1 is 1.27 bits per heavy atom. The second kappa shape index (κ2) is 6.55. The smallest absolute Gasteiger partial charge is 0.406 e. The molecule has 118 valence electrons. The van der Waals surface area contributed by atoms with E-state index >= 15 is 0 Å². The molecule has 22 heavy (non-hydrogen) atoms. The van der Waals surface area contributed by atoms with Gasteiger partial charge in [-0.1, -0.05) is 12.1 Å². The number of carbonyl (C=O) groups excluding carboxylic acids is 1. The lowest BCUT2D eigenvalue weighted by atomic mass is 10.2. The molecule has 0 aliphatic heterocycles. The van der Waals surface area contributed by atoms with Crippen LogP contribution >= 0.6 is 0 Å².